The minimum Gasteiger partial charge on any atom is -0.476 e. The van der Waals surface area contributed by atoms with Crippen LogP contribution in [0.5, 0.6) is 0 Å². The molecule has 3 amide bonds. The molecule has 0 unspecified atom stereocenters. The number of imide groups is 1. The fourth-order valence-electron chi connectivity index (χ4n) is 2.01. The van der Waals surface area contributed by atoms with Gasteiger partial charge in [-0.25, -0.2) is 14.3 Å². The number of nitrogens with zero attached hydrogens (tertiary/aromatic N) is 2. The van der Waals surface area contributed by atoms with Gasteiger partial charge in [-0.3, -0.25) is 14.9 Å². The lowest BCUT2D eigenvalue weighted by Gasteiger charge is -2.09. The molecule has 2 aromatic rings. The Morgan fingerprint density at radius 3 is 2.54 bits per heavy atom. The van der Waals surface area contributed by atoms with Crippen LogP contribution in [0.1, 0.15) is 10.5 Å². The maximum atomic E-state index is 12.3. The lowest BCUT2D eigenvalue weighted by atomic mass is 10.1. The van der Waals surface area contributed by atoms with Crippen molar-refractivity contribution in [3.63, 3.8) is 0 Å². The Bertz CT molecular complexity index is 887. The van der Waals surface area contributed by atoms with Crippen LogP contribution in [0, 0.1) is 0 Å². The molecule has 124 valence electrons. The summed E-state index contributed by atoms with van der Waals surface area (Å²) < 4.78 is 0.710. The highest BCUT2D eigenvalue weighted by Crippen LogP contribution is 2.12. The van der Waals surface area contributed by atoms with Gasteiger partial charge in [0.15, 0.2) is 5.69 Å². The first-order chi connectivity index (χ1) is 11.4. The number of carboxylic acid groups (broad SMARTS) is 1. The molecule has 1 aromatic heterocycles. The molecular formula is C15H14N4O5. The van der Waals surface area contributed by atoms with Gasteiger partial charge in [-0.05, 0) is 6.07 Å². The maximum absolute atomic E-state index is 12.3. The van der Waals surface area contributed by atoms with E-state index in [9.17, 15) is 24.3 Å². The van der Waals surface area contributed by atoms with Crippen LogP contribution < -0.4 is 16.2 Å². The number of benzene rings is 1. The van der Waals surface area contributed by atoms with Crippen molar-refractivity contribution in [2.45, 2.75) is 6.54 Å². The second-order valence-electron chi connectivity index (χ2n) is 4.71. The van der Waals surface area contributed by atoms with E-state index < -0.39 is 30.0 Å². The number of carbonyl (C=O) groups excluding carboxylic acids is 2. The summed E-state index contributed by atoms with van der Waals surface area (Å²) in [6.07, 6.45) is 1.43. The smallest absolute Gasteiger partial charge is 0.357 e. The van der Waals surface area contributed by atoms with Gasteiger partial charge < -0.3 is 10.4 Å². The average molecular weight is 330 g/mol. The minimum atomic E-state index is -1.33. The van der Waals surface area contributed by atoms with Gasteiger partial charge in [-0.2, -0.15) is 5.10 Å². The largest absolute Gasteiger partial charge is 0.476 e. The van der Waals surface area contributed by atoms with Crippen LogP contribution in [0.25, 0.3) is 10.8 Å². The van der Waals surface area contributed by atoms with Gasteiger partial charge in [0.1, 0.15) is 6.54 Å². The molecule has 0 fully saturated rings. The summed E-state index contributed by atoms with van der Waals surface area (Å²) in [5.74, 6) is -2.14. The van der Waals surface area contributed by atoms with Crippen molar-refractivity contribution >= 4 is 28.7 Å². The number of urea groups is 1. The minimum absolute atomic E-state index is 0.119. The monoisotopic (exact) mass is 330 g/mol. The third kappa shape index (κ3) is 3.64. The molecule has 0 radical (unpaired) electrons. The summed E-state index contributed by atoms with van der Waals surface area (Å²) in [6, 6.07) is 5.30. The SMILES string of the molecule is C=CCNC(=O)NC(=O)Cn1nc(C(=O)O)c2ccccc2c1=O. The van der Waals surface area contributed by atoms with Crippen LogP contribution in [0.3, 0.4) is 0 Å². The molecule has 0 spiro atoms. The fourth-order valence-corrected chi connectivity index (χ4v) is 2.01. The molecule has 0 aliphatic carbocycles. The Morgan fingerprint density at radius 1 is 1.25 bits per heavy atom. The number of fused-ring (bicyclic) bond motifs is 1. The number of aromatic nitrogens is 2. The Hall–Kier alpha value is -3.49. The molecule has 0 saturated carbocycles. The first-order valence-corrected chi connectivity index (χ1v) is 6.85. The number of hydrogen-bond donors (Lipinski definition) is 3. The second kappa shape index (κ2) is 7.18. The van der Waals surface area contributed by atoms with Crippen molar-refractivity contribution in [2.75, 3.05) is 6.54 Å². The third-order valence-corrected chi connectivity index (χ3v) is 3.02. The Balaban J connectivity index is 2.32. The molecule has 0 aliphatic heterocycles. The first kappa shape index (κ1) is 16.9. The summed E-state index contributed by atoms with van der Waals surface area (Å²) in [5.41, 5.74) is -0.980. The molecule has 9 heteroatoms. The van der Waals surface area contributed by atoms with Gasteiger partial charge >= 0.3 is 12.0 Å². The molecule has 9 nitrogen and oxygen atoms in total. The topological polar surface area (TPSA) is 130 Å². The lowest BCUT2D eigenvalue weighted by Crippen LogP contribution is -2.42. The van der Waals surface area contributed by atoms with Crippen LogP contribution in [0.15, 0.2) is 41.7 Å². The maximum Gasteiger partial charge on any atom is 0.357 e. The quantitative estimate of drug-likeness (QED) is 0.667. The van der Waals surface area contributed by atoms with Crippen LogP contribution in [0.2, 0.25) is 0 Å². The van der Waals surface area contributed by atoms with E-state index in [0.717, 1.165) is 0 Å². The van der Waals surface area contributed by atoms with Crippen molar-refractivity contribution in [3.8, 4) is 0 Å². The van der Waals surface area contributed by atoms with Crippen LogP contribution in [0.4, 0.5) is 4.79 Å². The Morgan fingerprint density at radius 2 is 1.92 bits per heavy atom. The number of carbonyl (C=O) groups is 3. The number of rotatable bonds is 5. The molecule has 1 heterocycles. The Labute approximate surface area is 135 Å². The van der Waals surface area contributed by atoms with Crippen molar-refractivity contribution in [2.24, 2.45) is 0 Å². The second-order valence-corrected chi connectivity index (χ2v) is 4.71. The number of aromatic carboxylic acids is 1. The number of amides is 3. The zero-order chi connectivity index (χ0) is 17.7. The van der Waals surface area contributed by atoms with Crippen molar-refractivity contribution in [1.82, 2.24) is 20.4 Å². The summed E-state index contributed by atoms with van der Waals surface area (Å²) >= 11 is 0. The van der Waals surface area contributed by atoms with Crippen molar-refractivity contribution in [1.29, 1.82) is 0 Å². The molecule has 1 aromatic carbocycles. The predicted octanol–water partition coefficient (Wildman–Crippen LogP) is 0.106. The van der Waals surface area contributed by atoms with E-state index in [1.807, 2.05) is 5.32 Å². The lowest BCUT2D eigenvalue weighted by molar-refractivity contribution is -0.120. The number of nitrogens with one attached hydrogen (secondary N) is 2. The van der Waals surface area contributed by atoms with E-state index in [4.69, 9.17) is 0 Å². The highest BCUT2D eigenvalue weighted by molar-refractivity contribution is 6.01. The highest BCUT2D eigenvalue weighted by Gasteiger charge is 2.17. The van der Waals surface area contributed by atoms with E-state index in [2.05, 4.69) is 17.0 Å². The third-order valence-electron chi connectivity index (χ3n) is 3.02. The molecule has 2 rings (SSSR count). The van der Waals surface area contributed by atoms with E-state index in [-0.39, 0.29) is 23.0 Å². The predicted molar refractivity (Wildman–Crippen MR) is 84.7 cm³/mol. The normalized spacial score (nSPS) is 10.2. The van der Waals surface area contributed by atoms with Crippen LogP contribution in [-0.2, 0) is 11.3 Å². The number of carboxylic acids is 1. The highest BCUT2D eigenvalue weighted by atomic mass is 16.4. The van der Waals surface area contributed by atoms with E-state index in [0.29, 0.717) is 4.68 Å². The molecule has 3 N–H and O–H groups in total. The van der Waals surface area contributed by atoms with Gasteiger partial charge in [0.2, 0.25) is 5.91 Å². The van der Waals surface area contributed by atoms with Gasteiger partial charge in [-0.15, -0.1) is 6.58 Å². The van der Waals surface area contributed by atoms with Gasteiger partial charge in [-0.1, -0.05) is 24.3 Å². The molecule has 24 heavy (non-hydrogen) atoms. The summed E-state index contributed by atoms with van der Waals surface area (Å²) in [6.45, 7) is 2.98. The molecule has 0 atom stereocenters. The molecule has 0 saturated heterocycles. The van der Waals surface area contributed by atoms with E-state index in [1.165, 1.54) is 18.2 Å². The molecule has 0 bridgehead atoms. The zero-order valence-corrected chi connectivity index (χ0v) is 12.5. The summed E-state index contributed by atoms with van der Waals surface area (Å²) in [7, 11) is 0. The van der Waals surface area contributed by atoms with Crippen LogP contribution in [-0.4, -0.2) is 39.3 Å². The molecule has 0 aliphatic rings. The standard InChI is InChI=1S/C15H14N4O5/c1-2-7-16-15(24)17-11(20)8-19-13(21)10-6-4-3-5-9(10)12(18-19)14(22)23/h2-6H,1,7-8H2,(H,22,23)(H2,16,17,20,24). The van der Waals surface area contributed by atoms with E-state index in [1.54, 1.807) is 12.1 Å². The first-order valence-electron chi connectivity index (χ1n) is 6.85. The van der Waals surface area contributed by atoms with Crippen molar-refractivity contribution in [3.05, 3.63) is 53.0 Å². The Kier molecular flexibility index (Phi) is 5.05. The summed E-state index contributed by atoms with van der Waals surface area (Å²) in [5, 5.41) is 17.6. The van der Waals surface area contributed by atoms with Gasteiger partial charge in [0, 0.05) is 11.9 Å². The average Bonchev–Trinajstić information content (AvgIpc) is 2.55. The zero-order valence-electron chi connectivity index (χ0n) is 12.5. The van der Waals surface area contributed by atoms with E-state index >= 15 is 0 Å². The fraction of sp³-hybridized carbons (Fsp3) is 0.133. The van der Waals surface area contributed by atoms with Crippen molar-refractivity contribution < 1.29 is 19.5 Å². The summed E-state index contributed by atoms with van der Waals surface area (Å²) in [4.78, 5) is 46.8. The molecular weight excluding hydrogens is 316 g/mol. The number of hydrogen-bond acceptors (Lipinski definition) is 5. The van der Waals surface area contributed by atoms with Gasteiger partial charge in [0.25, 0.3) is 5.56 Å². The van der Waals surface area contributed by atoms with Crippen LogP contribution >= 0.6 is 0 Å². The van der Waals surface area contributed by atoms with Gasteiger partial charge in [0.05, 0.1) is 5.39 Å².